The first-order valence-electron chi connectivity index (χ1n) is 8.21. The number of nitrogens with zero attached hydrogens (tertiary/aromatic N) is 2. The number of carbonyl (C=O) groups is 2. The third-order valence-electron chi connectivity index (χ3n) is 4.23. The van der Waals surface area contributed by atoms with Gasteiger partial charge in [-0.3, -0.25) is 14.5 Å². The summed E-state index contributed by atoms with van der Waals surface area (Å²) >= 11 is 0. The minimum Gasteiger partial charge on any atom is -0.491 e. The van der Waals surface area contributed by atoms with Gasteiger partial charge in [0.1, 0.15) is 18.1 Å². The molecule has 1 aromatic carbocycles. The maximum absolute atomic E-state index is 12.5. The number of aryl methyl sites for hydroxylation is 2. The molecule has 1 unspecified atom stereocenters. The molecule has 0 aliphatic carbocycles. The fraction of sp³-hybridized carbons (Fsp3) is 0.389. The van der Waals surface area contributed by atoms with Crippen LogP contribution in [0.5, 0.6) is 5.75 Å². The van der Waals surface area contributed by atoms with Crippen molar-refractivity contribution >= 4 is 17.5 Å². The van der Waals surface area contributed by atoms with Crippen LogP contribution in [-0.4, -0.2) is 30.1 Å². The van der Waals surface area contributed by atoms with Crippen LogP contribution in [0.3, 0.4) is 0 Å². The number of nitrogens with one attached hydrogen (secondary N) is 1. The van der Waals surface area contributed by atoms with E-state index in [9.17, 15) is 9.59 Å². The van der Waals surface area contributed by atoms with E-state index in [-0.39, 0.29) is 30.8 Å². The molecule has 0 radical (unpaired) electrons. The van der Waals surface area contributed by atoms with Crippen LogP contribution in [0.15, 0.2) is 28.8 Å². The summed E-state index contributed by atoms with van der Waals surface area (Å²) in [7, 11) is 0. The van der Waals surface area contributed by atoms with E-state index in [0.717, 1.165) is 11.3 Å². The Morgan fingerprint density at radius 2 is 2.12 bits per heavy atom. The van der Waals surface area contributed by atoms with Crippen LogP contribution in [0.25, 0.3) is 0 Å². The highest BCUT2D eigenvalue weighted by molar-refractivity contribution is 6.00. The lowest BCUT2D eigenvalue weighted by molar-refractivity contribution is -0.124. The molecule has 7 heteroatoms. The van der Waals surface area contributed by atoms with E-state index in [1.807, 2.05) is 32.9 Å². The Kier molecular flexibility index (Phi) is 4.74. The Labute approximate surface area is 145 Å². The van der Waals surface area contributed by atoms with Crippen LogP contribution in [0, 0.1) is 13.8 Å². The molecule has 1 aromatic heterocycles. The number of hydrogen-bond acceptors (Lipinski definition) is 5. The van der Waals surface area contributed by atoms with Gasteiger partial charge in [0.25, 0.3) is 0 Å². The third-order valence-corrected chi connectivity index (χ3v) is 4.23. The second-order valence-electron chi connectivity index (χ2n) is 6.07. The molecule has 0 saturated carbocycles. The molecule has 2 heterocycles. The maximum atomic E-state index is 12.5. The van der Waals surface area contributed by atoms with Crippen LogP contribution in [0.1, 0.15) is 36.4 Å². The van der Waals surface area contributed by atoms with Crippen molar-refractivity contribution in [3.8, 4) is 5.75 Å². The highest BCUT2D eigenvalue weighted by Crippen LogP contribution is 2.30. The molecular weight excluding hydrogens is 322 g/mol. The quantitative estimate of drug-likeness (QED) is 0.921. The zero-order valence-electron chi connectivity index (χ0n) is 14.5. The first-order valence-corrected chi connectivity index (χ1v) is 8.21. The summed E-state index contributed by atoms with van der Waals surface area (Å²) in [5.74, 6) is 0.900. The fourth-order valence-electron chi connectivity index (χ4n) is 3.10. The van der Waals surface area contributed by atoms with Gasteiger partial charge in [0.05, 0.1) is 30.5 Å². The van der Waals surface area contributed by atoms with Crippen LogP contribution in [0.2, 0.25) is 0 Å². The van der Waals surface area contributed by atoms with Crippen molar-refractivity contribution in [2.75, 3.05) is 18.1 Å². The molecule has 132 valence electrons. The fourth-order valence-corrected chi connectivity index (χ4v) is 3.10. The molecule has 0 bridgehead atoms. The molecule has 0 spiro atoms. The zero-order chi connectivity index (χ0) is 18.0. The SMILES string of the molecule is Cc1noc(C)c1C(C)NC(=O)CN1C(=O)CCOc2ccccc21. The van der Waals surface area contributed by atoms with Crippen LogP contribution >= 0.6 is 0 Å². The molecule has 0 saturated heterocycles. The Morgan fingerprint density at radius 1 is 1.36 bits per heavy atom. The Morgan fingerprint density at radius 3 is 2.84 bits per heavy atom. The Bertz CT molecular complexity index is 780. The van der Waals surface area contributed by atoms with Gasteiger partial charge >= 0.3 is 0 Å². The van der Waals surface area contributed by atoms with Gasteiger partial charge in [0.15, 0.2) is 0 Å². The number of hydrogen-bond donors (Lipinski definition) is 1. The predicted molar refractivity (Wildman–Crippen MR) is 91.4 cm³/mol. The standard InChI is InChI=1S/C18H21N3O4/c1-11(18-12(2)20-25-13(18)3)19-16(22)10-21-14-6-4-5-7-15(14)24-9-8-17(21)23/h4-7,11H,8-10H2,1-3H3,(H,19,22). The lowest BCUT2D eigenvalue weighted by Gasteiger charge is -2.22. The van der Waals surface area contributed by atoms with Gasteiger partial charge in [-0.15, -0.1) is 0 Å². The predicted octanol–water partition coefficient (Wildman–Crippen LogP) is 2.28. The lowest BCUT2D eigenvalue weighted by Crippen LogP contribution is -2.41. The average molecular weight is 343 g/mol. The second-order valence-corrected chi connectivity index (χ2v) is 6.07. The summed E-state index contributed by atoms with van der Waals surface area (Å²) in [6, 6.07) is 6.98. The summed E-state index contributed by atoms with van der Waals surface area (Å²) in [6.45, 7) is 5.76. The molecule has 2 amide bonds. The Hall–Kier alpha value is -2.83. The summed E-state index contributed by atoms with van der Waals surface area (Å²) in [5, 5.41) is 6.82. The van der Waals surface area contributed by atoms with Gasteiger partial charge in [-0.2, -0.15) is 0 Å². The van der Waals surface area contributed by atoms with E-state index in [0.29, 0.717) is 23.8 Å². The molecule has 0 fully saturated rings. The van der Waals surface area contributed by atoms with Crippen LogP contribution in [-0.2, 0) is 9.59 Å². The van der Waals surface area contributed by atoms with Crippen molar-refractivity contribution in [2.24, 2.45) is 0 Å². The molecule has 7 nitrogen and oxygen atoms in total. The van der Waals surface area contributed by atoms with Gasteiger partial charge in [0, 0.05) is 5.56 Å². The van der Waals surface area contributed by atoms with Gasteiger partial charge in [0.2, 0.25) is 11.8 Å². The largest absolute Gasteiger partial charge is 0.491 e. The first kappa shape index (κ1) is 17.0. The smallest absolute Gasteiger partial charge is 0.240 e. The van der Waals surface area contributed by atoms with Crippen molar-refractivity contribution in [1.82, 2.24) is 10.5 Å². The van der Waals surface area contributed by atoms with E-state index in [4.69, 9.17) is 9.26 Å². The number of aromatic nitrogens is 1. The van der Waals surface area contributed by atoms with Crippen molar-refractivity contribution in [1.29, 1.82) is 0 Å². The number of ether oxygens (including phenoxy) is 1. The summed E-state index contributed by atoms with van der Waals surface area (Å²) in [6.07, 6.45) is 0.237. The summed E-state index contributed by atoms with van der Waals surface area (Å²) in [4.78, 5) is 26.4. The highest BCUT2D eigenvalue weighted by Gasteiger charge is 2.26. The summed E-state index contributed by atoms with van der Waals surface area (Å²) in [5.41, 5.74) is 2.22. The molecular formula is C18H21N3O4. The molecule has 1 atom stereocenters. The number of amides is 2. The van der Waals surface area contributed by atoms with Crippen molar-refractivity contribution in [3.05, 3.63) is 41.3 Å². The van der Waals surface area contributed by atoms with Crippen molar-refractivity contribution in [3.63, 3.8) is 0 Å². The van der Waals surface area contributed by atoms with Gasteiger partial charge in [-0.25, -0.2) is 0 Å². The number of carbonyl (C=O) groups excluding carboxylic acids is 2. The van der Waals surface area contributed by atoms with E-state index in [1.54, 1.807) is 12.1 Å². The van der Waals surface area contributed by atoms with Crippen molar-refractivity contribution in [2.45, 2.75) is 33.2 Å². The number of anilines is 1. The number of para-hydroxylation sites is 2. The van der Waals surface area contributed by atoms with Crippen molar-refractivity contribution < 1.29 is 18.8 Å². The number of benzene rings is 1. The highest BCUT2D eigenvalue weighted by atomic mass is 16.5. The topological polar surface area (TPSA) is 84.7 Å². The Balaban J connectivity index is 1.75. The normalized spacial score (nSPS) is 15.2. The van der Waals surface area contributed by atoms with Crippen LogP contribution in [0.4, 0.5) is 5.69 Å². The molecule has 1 aliphatic heterocycles. The molecule has 3 rings (SSSR count). The molecule has 25 heavy (non-hydrogen) atoms. The lowest BCUT2D eigenvalue weighted by atomic mass is 10.1. The molecule has 1 aliphatic rings. The average Bonchev–Trinajstić information content (AvgIpc) is 2.83. The van der Waals surface area contributed by atoms with Crippen LogP contribution < -0.4 is 15.0 Å². The third kappa shape index (κ3) is 3.50. The molecule has 2 aromatic rings. The minimum atomic E-state index is -0.257. The van der Waals surface area contributed by atoms with E-state index < -0.39 is 0 Å². The van der Waals surface area contributed by atoms with E-state index in [2.05, 4.69) is 10.5 Å². The summed E-state index contributed by atoms with van der Waals surface area (Å²) < 4.78 is 10.7. The minimum absolute atomic E-state index is 0.0626. The van der Waals surface area contributed by atoms with Gasteiger partial charge in [-0.1, -0.05) is 17.3 Å². The number of fused-ring (bicyclic) bond motifs is 1. The van der Waals surface area contributed by atoms with Gasteiger partial charge < -0.3 is 14.6 Å². The van der Waals surface area contributed by atoms with Gasteiger partial charge in [-0.05, 0) is 32.9 Å². The zero-order valence-corrected chi connectivity index (χ0v) is 14.5. The monoisotopic (exact) mass is 343 g/mol. The molecule has 1 N–H and O–H groups in total. The second kappa shape index (κ2) is 6.96. The van der Waals surface area contributed by atoms with E-state index >= 15 is 0 Å². The first-order chi connectivity index (χ1) is 12.0. The maximum Gasteiger partial charge on any atom is 0.240 e. The van der Waals surface area contributed by atoms with E-state index in [1.165, 1.54) is 4.90 Å². The number of rotatable bonds is 4.